The van der Waals surface area contributed by atoms with Crippen molar-refractivity contribution in [3.05, 3.63) is 65.2 Å². The second-order valence-electron chi connectivity index (χ2n) is 6.90. The molecule has 0 aliphatic carbocycles. The van der Waals surface area contributed by atoms with Gasteiger partial charge in [-0.05, 0) is 35.6 Å². The fourth-order valence-electron chi connectivity index (χ4n) is 2.80. The van der Waals surface area contributed by atoms with Crippen LogP contribution in [-0.4, -0.2) is 18.8 Å². The van der Waals surface area contributed by atoms with Crippen LogP contribution < -0.4 is 5.32 Å². The van der Waals surface area contributed by atoms with E-state index in [0.717, 1.165) is 17.7 Å². The second kappa shape index (κ2) is 9.88. The molecule has 0 radical (unpaired) electrons. The SMILES string of the molecule is COCc1cccc(NC(=O)CCC(=O)c2ccc(CC(C)C)cc2)c1. The first kappa shape index (κ1) is 19.9. The molecule has 4 nitrogen and oxygen atoms in total. The number of methoxy groups -OCH3 is 1. The number of rotatable bonds is 9. The van der Waals surface area contributed by atoms with Gasteiger partial charge in [-0.1, -0.05) is 50.2 Å². The zero-order valence-electron chi connectivity index (χ0n) is 15.7. The van der Waals surface area contributed by atoms with Gasteiger partial charge in [-0.25, -0.2) is 0 Å². The Morgan fingerprint density at radius 3 is 2.38 bits per heavy atom. The number of carbonyl (C=O) groups is 2. The Hall–Kier alpha value is -2.46. The van der Waals surface area contributed by atoms with Crippen LogP contribution in [-0.2, 0) is 22.6 Å². The molecule has 0 saturated heterocycles. The van der Waals surface area contributed by atoms with Crippen LogP contribution >= 0.6 is 0 Å². The molecule has 138 valence electrons. The number of nitrogens with one attached hydrogen (secondary N) is 1. The van der Waals surface area contributed by atoms with E-state index in [1.165, 1.54) is 5.56 Å². The van der Waals surface area contributed by atoms with Crippen molar-refractivity contribution < 1.29 is 14.3 Å². The molecule has 1 amide bonds. The van der Waals surface area contributed by atoms with Crippen molar-refractivity contribution >= 4 is 17.4 Å². The number of ketones is 1. The lowest BCUT2D eigenvalue weighted by Crippen LogP contribution is -2.13. The molecule has 0 unspecified atom stereocenters. The van der Waals surface area contributed by atoms with Crippen molar-refractivity contribution in [2.24, 2.45) is 5.92 Å². The Balaban J connectivity index is 1.84. The summed E-state index contributed by atoms with van der Waals surface area (Å²) in [6.07, 6.45) is 1.37. The first-order chi connectivity index (χ1) is 12.5. The van der Waals surface area contributed by atoms with Crippen molar-refractivity contribution in [3.8, 4) is 0 Å². The normalized spacial score (nSPS) is 10.8. The summed E-state index contributed by atoms with van der Waals surface area (Å²) in [5.41, 5.74) is 3.59. The zero-order valence-corrected chi connectivity index (χ0v) is 15.7. The van der Waals surface area contributed by atoms with Crippen molar-refractivity contribution in [3.63, 3.8) is 0 Å². The maximum Gasteiger partial charge on any atom is 0.224 e. The quantitative estimate of drug-likeness (QED) is 0.669. The van der Waals surface area contributed by atoms with Gasteiger partial charge in [0.25, 0.3) is 0 Å². The first-order valence-corrected chi connectivity index (χ1v) is 8.98. The molecule has 2 aromatic carbocycles. The van der Waals surface area contributed by atoms with Crippen LogP contribution in [0.4, 0.5) is 5.69 Å². The summed E-state index contributed by atoms with van der Waals surface area (Å²) in [6.45, 7) is 4.83. The molecule has 0 atom stereocenters. The maximum atomic E-state index is 12.3. The minimum absolute atomic E-state index is 0.00983. The van der Waals surface area contributed by atoms with Crippen molar-refractivity contribution in [2.45, 2.75) is 39.7 Å². The average molecular weight is 353 g/mol. The third kappa shape index (κ3) is 6.45. The van der Waals surface area contributed by atoms with Crippen molar-refractivity contribution in [1.82, 2.24) is 0 Å². The van der Waals surface area contributed by atoms with Gasteiger partial charge in [-0.2, -0.15) is 0 Å². The standard InChI is InChI=1S/C22H27NO3/c1-16(2)13-17-7-9-19(10-8-17)21(24)11-12-22(25)23-20-6-4-5-18(14-20)15-26-3/h4-10,14,16H,11-13,15H2,1-3H3,(H,23,25). The highest BCUT2D eigenvalue weighted by atomic mass is 16.5. The topological polar surface area (TPSA) is 55.4 Å². The number of Topliss-reactive ketones (excluding diaryl/α,β-unsaturated/α-hetero) is 1. The summed E-state index contributed by atoms with van der Waals surface area (Å²) in [4.78, 5) is 24.4. The molecule has 2 aromatic rings. The molecule has 2 rings (SSSR count). The number of benzene rings is 2. The fraction of sp³-hybridized carbons (Fsp3) is 0.364. The van der Waals surface area contributed by atoms with Gasteiger partial charge in [0, 0.05) is 31.2 Å². The van der Waals surface area contributed by atoms with Crippen molar-refractivity contribution in [2.75, 3.05) is 12.4 Å². The summed E-state index contributed by atoms with van der Waals surface area (Å²) in [5.74, 6) is 0.413. The van der Waals surface area contributed by atoms with Gasteiger partial charge < -0.3 is 10.1 Å². The number of amides is 1. The minimum atomic E-state index is -0.163. The Morgan fingerprint density at radius 1 is 1.00 bits per heavy atom. The highest BCUT2D eigenvalue weighted by molar-refractivity contribution is 6.00. The zero-order chi connectivity index (χ0) is 18.9. The average Bonchev–Trinajstić information content (AvgIpc) is 2.60. The van der Waals surface area contributed by atoms with E-state index in [0.29, 0.717) is 18.1 Å². The van der Waals surface area contributed by atoms with Crippen LogP contribution in [0.3, 0.4) is 0 Å². The summed E-state index contributed by atoms with van der Waals surface area (Å²) < 4.78 is 5.09. The monoisotopic (exact) mass is 353 g/mol. The molecule has 0 saturated carbocycles. The minimum Gasteiger partial charge on any atom is -0.380 e. The van der Waals surface area contributed by atoms with Crippen LogP contribution in [0.2, 0.25) is 0 Å². The smallest absolute Gasteiger partial charge is 0.224 e. The van der Waals surface area contributed by atoms with Crippen LogP contribution in [0.1, 0.15) is 48.2 Å². The Morgan fingerprint density at radius 2 is 1.73 bits per heavy atom. The van der Waals surface area contributed by atoms with Gasteiger partial charge in [-0.3, -0.25) is 9.59 Å². The molecule has 4 heteroatoms. The van der Waals surface area contributed by atoms with E-state index in [4.69, 9.17) is 4.74 Å². The molecule has 0 heterocycles. The van der Waals surface area contributed by atoms with E-state index in [-0.39, 0.29) is 24.5 Å². The van der Waals surface area contributed by atoms with E-state index in [1.54, 1.807) is 7.11 Å². The molecule has 0 aliphatic rings. The lowest BCUT2D eigenvalue weighted by atomic mass is 9.99. The molecular weight excluding hydrogens is 326 g/mol. The Bertz CT molecular complexity index is 735. The molecule has 0 aromatic heterocycles. The maximum absolute atomic E-state index is 12.3. The molecule has 0 aliphatic heterocycles. The van der Waals surface area contributed by atoms with E-state index in [9.17, 15) is 9.59 Å². The van der Waals surface area contributed by atoms with E-state index < -0.39 is 0 Å². The number of hydrogen-bond donors (Lipinski definition) is 1. The predicted molar refractivity (Wildman–Crippen MR) is 104 cm³/mol. The van der Waals surface area contributed by atoms with Gasteiger partial charge in [-0.15, -0.1) is 0 Å². The third-order valence-corrected chi connectivity index (χ3v) is 4.02. The van der Waals surface area contributed by atoms with Crippen LogP contribution in [0, 0.1) is 5.92 Å². The van der Waals surface area contributed by atoms with Gasteiger partial charge in [0.05, 0.1) is 6.61 Å². The van der Waals surface area contributed by atoms with Gasteiger partial charge in [0.2, 0.25) is 5.91 Å². The molecule has 1 N–H and O–H groups in total. The molecule has 26 heavy (non-hydrogen) atoms. The number of ether oxygens (including phenoxy) is 1. The summed E-state index contributed by atoms with van der Waals surface area (Å²) >= 11 is 0. The van der Waals surface area contributed by atoms with Crippen LogP contribution in [0.15, 0.2) is 48.5 Å². The third-order valence-electron chi connectivity index (χ3n) is 4.02. The summed E-state index contributed by atoms with van der Waals surface area (Å²) in [6, 6.07) is 15.2. The van der Waals surface area contributed by atoms with Crippen LogP contribution in [0.5, 0.6) is 0 Å². The highest BCUT2D eigenvalue weighted by Gasteiger charge is 2.10. The van der Waals surface area contributed by atoms with Gasteiger partial charge in [0.15, 0.2) is 5.78 Å². The number of anilines is 1. The number of hydrogen-bond acceptors (Lipinski definition) is 3. The van der Waals surface area contributed by atoms with E-state index in [1.807, 2.05) is 48.5 Å². The first-order valence-electron chi connectivity index (χ1n) is 8.98. The Kier molecular flexibility index (Phi) is 7.54. The molecular formula is C22H27NO3. The van der Waals surface area contributed by atoms with E-state index >= 15 is 0 Å². The number of carbonyl (C=O) groups excluding carboxylic acids is 2. The van der Waals surface area contributed by atoms with Crippen molar-refractivity contribution in [1.29, 1.82) is 0 Å². The van der Waals surface area contributed by atoms with Gasteiger partial charge >= 0.3 is 0 Å². The van der Waals surface area contributed by atoms with Gasteiger partial charge in [0.1, 0.15) is 0 Å². The lowest BCUT2D eigenvalue weighted by Gasteiger charge is -2.08. The molecule has 0 spiro atoms. The Labute approximate surface area is 155 Å². The fourth-order valence-corrected chi connectivity index (χ4v) is 2.80. The molecule has 0 bridgehead atoms. The predicted octanol–water partition coefficient (Wildman–Crippen LogP) is 4.63. The molecule has 0 fully saturated rings. The lowest BCUT2D eigenvalue weighted by molar-refractivity contribution is -0.116. The second-order valence-corrected chi connectivity index (χ2v) is 6.90. The summed E-state index contributed by atoms with van der Waals surface area (Å²) in [5, 5.41) is 2.83. The largest absolute Gasteiger partial charge is 0.380 e. The van der Waals surface area contributed by atoms with E-state index in [2.05, 4.69) is 19.2 Å². The van der Waals surface area contributed by atoms with Crippen LogP contribution in [0.25, 0.3) is 0 Å². The summed E-state index contributed by atoms with van der Waals surface area (Å²) in [7, 11) is 1.63. The highest BCUT2D eigenvalue weighted by Crippen LogP contribution is 2.14.